The molecule has 3 aromatic rings. The molecule has 1 saturated heterocycles. The predicted molar refractivity (Wildman–Crippen MR) is 165 cm³/mol. The van der Waals surface area contributed by atoms with E-state index in [2.05, 4.69) is 24.4 Å². The standard InChI is InChI=1S/C32H44N4O4S/c1-22(2)27-18-33-28-26(36(30(38)40-32(6,7)8)19-23-13-10-9-11-14-23)17-25(21-35(27)28)41-24-15-12-16-34(20-24)29(37)39-31(3,4)5/h9-11,13-14,17-18,21-22,24H,12,15-16,19-20H2,1-8H3. The van der Waals surface area contributed by atoms with Crippen molar-refractivity contribution in [3.63, 3.8) is 0 Å². The molecule has 4 rings (SSSR count). The quantitative estimate of drug-likeness (QED) is 0.295. The number of carbonyl (C=O) groups excluding carboxylic acids is 2. The van der Waals surface area contributed by atoms with Crippen molar-refractivity contribution in [1.82, 2.24) is 14.3 Å². The highest BCUT2D eigenvalue weighted by Gasteiger charge is 2.30. The van der Waals surface area contributed by atoms with Crippen LogP contribution in [0.1, 0.15) is 85.4 Å². The molecule has 1 unspecified atom stereocenters. The van der Waals surface area contributed by atoms with Gasteiger partial charge in [0.25, 0.3) is 0 Å². The zero-order chi connectivity index (χ0) is 29.9. The predicted octanol–water partition coefficient (Wildman–Crippen LogP) is 7.89. The highest BCUT2D eigenvalue weighted by atomic mass is 32.2. The largest absolute Gasteiger partial charge is 0.444 e. The van der Waals surface area contributed by atoms with E-state index < -0.39 is 17.3 Å². The average Bonchev–Trinajstić information content (AvgIpc) is 3.30. The lowest BCUT2D eigenvalue weighted by Crippen LogP contribution is -2.43. The van der Waals surface area contributed by atoms with Gasteiger partial charge in [-0.05, 0) is 71.9 Å². The van der Waals surface area contributed by atoms with Crippen molar-refractivity contribution in [2.45, 2.75) is 102 Å². The number of thioether (sulfide) groups is 1. The molecule has 8 nitrogen and oxygen atoms in total. The maximum atomic E-state index is 13.7. The number of carbonyl (C=O) groups is 2. The van der Waals surface area contributed by atoms with Crippen molar-refractivity contribution in [3.8, 4) is 0 Å². The Hall–Kier alpha value is -3.20. The fraction of sp³-hybridized carbons (Fsp3) is 0.531. The first-order chi connectivity index (χ1) is 19.2. The van der Waals surface area contributed by atoms with E-state index in [1.165, 1.54) is 0 Å². The van der Waals surface area contributed by atoms with Crippen LogP contribution < -0.4 is 4.90 Å². The number of nitrogens with zero attached hydrogens (tertiary/aromatic N) is 4. The molecule has 1 aromatic carbocycles. The smallest absolute Gasteiger partial charge is 0.415 e. The second kappa shape index (κ2) is 12.3. The van der Waals surface area contributed by atoms with Gasteiger partial charge < -0.3 is 18.8 Å². The molecule has 1 aliphatic heterocycles. The van der Waals surface area contributed by atoms with Gasteiger partial charge in [-0.1, -0.05) is 44.2 Å². The molecule has 0 saturated carbocycles. The molecule has 2 aromatic heterocycles. The molecule has 0 spiro atoms. The van der Waals surface area contributed by atoms with Gasteiger partial charge in [-0.15, -0.1) is 11.8 Å². The molecule has 0 radical (unpaired) electrons. The minimum Gasteiger partial charge on any atom is -0.444 e. The number of amides is 2. The molecule has 0 N–H and O–H groups in total. The van der Waals surface area contributed by atoms with Gasteiger partial charge in [0.1, 0.15) is 11.2 Å². The summed E-state index contributed by atoms with van der Waals surface area (Å²) in [5.41, 5.74) is 2.27. The first kappa shape index (κ1) is 30.8. The molecule has 1 fully saturated rings. The van der Waals surface area contributed by atoms with Crippen molar-refractivity contribution in [1.29, 1.82) is 0 Å². The van der Waals surface area contributed by atoms with E-state index in [4.69, 9.17) is 14.5 Å². The van der Waals surface area contributed by atoms with Gasteiger partial charge in [-0.3, -0.25) is 4.90 Å². The van der Waals surface area contributed by atoms with Crippen LogP contribution in [0.2, 0.25) is 0 Å². The maximum Gasteiger partial charge on any atom is 0.415 e. The second-order valence-electron chi connectivity index (χ2n) is 13.0. The minimum atomic E-state index is -0.652. The Balaban J connectivity index is 1.72. The van der Waals surface area contributed by atoms with Gasteiger partial charge >= 0.3 is 12.2 Å². The number of ether oxygens (including phenoxy) is 2. The van der Waals surface area contributed by atoms with Gasteiger partial charge in [-0.2, -0.15) is 0 Å². The molecule has 41 heavy (non-hydrogen) atoms. The topological polar surface area (TPSA) is 76.4 Å². The monoisotopic (exact) mass is 580 g/mol. The molecule has 222 valence electrons. The van der Waals surface area contributed by atoms with Gasteiger partial charge in [-0.25, -0.2) is 14.6 Å². The molecular weight excluding hydrogens is 536 g/mol. The van der Waals surface area contributed by atoms with E-state index in [0.29, 0.717) is 31.0 Å². The van der Waals surface area contributed by atoms with E-state index in [0.717, 1.165) is 29.0 Å². The van der Waals surface area contributed by atoms with E-state index in [-0.39, 0.29) is 17.3 Å². The number of pyridine rings is 1. The highest BCUT2D eigenvalue weighted by Crippen LogP contribution is 2.36. The van der Waals surface area contributed by atoms with Crippen LogP contribution in [0.25, 0.3) is 5.65 Å². The van der Waals surface area contributed by atoms with Crippen molar-refractivity contribution >= 4 is 35.3 Å². The summed E-state index contributed by atoms with van der Waals surface area (Å²) in [4.78, 5) is 35.8. The number of imidazole rings is 1. The molecule has 0 aliphatic carbocycles. The first-order valence-corrected chi connectivity index (χ1v) is 15.3. The number of hydrogen-bond donors (Lipinski definition) is 0. The molecule has 1 atom stereocenters. The summed E-state index contributed by atoms with van der Waals surface area (Å²) in [6.45, 7) is 17.2. The number of anilines is 1. The Kier molecular flexibility index (Phi) is 9.26. The van der Waals surface area contributed by atoms with Gasteiger partial charge in [0.15, 0.2) is 5.65 Å². The maximum absolute atomic E-state index is 13.7. The zero-order valence-electron chi connectivity index (χ0n) is 25.6. The van der Waals surface area contributed by atoms with Crippen LogP contribution >= 0.6 is 11.8 Å². The first-order valence-electron chi connectivity index (χ1n) is 14.4. The summed E-state index contributed by atoms with van der Waals surface area (Å²) in [7, 11) is 0. The van der Waals surface area contributed by atoms with Crippen LogP contribution in [0.15, 0.2) is 53.7 Å². The van der Waals surface area contributed by atoms with Crippen LogP contribution in [0, 0.1) is 0 Å². The number of aromatic nitrogens is 2. The van der Waals surface area contributed by atoms with Gasteiger partial charge in [0.2, 0.25) is 0 Å². The number of benzene rings is 1. The van der Waals surface area contributed by atoms with Crippen LogP contribution in [-0.4, -0.2) is 56.0 Å². The number of likely N-dealkylation sites (tertiary alicyclic amines) is 1. The second-order valence-corrected chi connectivity index (χ2v) is 14.3. The SMILES string of the molecule is CC(C)c1cnc2c(N(Cc3ccccc3)C(=O)OC(C)(C)C)cc(SC3CCCN(C(=O)OC(C)(C)C)C3)cn12. The van der Waals surface area contributed by atoms with Crippen molar-refractivity contribution in [2.75, 3.05) is 18.0 Å². The summed E-state index contributed by atoms with van der Waals surface area (Å²) in [5, 5.41) is 0.191. The van der Waals surface area contributed by atoms with Crippen molar-refractivity contribution in [2.24, 2.45) is 0 Å². The van der Waals surface area contributed by atoms with Crippen LogP contribution in [0.3, 0.4) is 0 Å². The average molecular weight is 581 g/mol. The fourth-order valence-corrected chi connectivity index (χ4v) is 6.07. The summed E-state index contributed by atoms with van der Waals surface area (Å²) in [6.07, 6.45) is 5.19. The Labute approximate surface area is 248 Å². The van der Waals surface area contributed by atoms with Crippen LogP contribution in [0.4, 0.5) is 15.3 Å². The molecule has 3 heterocycles. The van der Waals surface area contributed by atoms with Crippen LogP contribution in [-0.2, 0) is 16.0 Å². The number of hydrogen-bond acceptors (Lipinski definition) is 6. The van der Waals surface area contributed by atoms with E-state index in [9.17, 15) is 9.59 Å². The van der Waals surface area contributed by atoms with Gasteiger partial charge in [0.05, 0.1) is 12.2 Å². The summed E-state index contributed by atoms with van der Waals surface area (Å²) in [5.74, 6) is 0.236. The van der Waals surface area contributed by atoms with E-state index in [1.807, 2.05) is 89.0 Å². The molecular formula is C32H44N4O4S. The zero-order valence-corrected chi connectivity index (χ0v) is 26.5. The third-order valence-corrected chi connectivity index (χ3v) is 7.82. The van der Waals surface area contributed by atoms with Crippen LogP contribution in [0.5, 0.6) is 0 Å². The van der Waals surface area contributed by atoms with Gasteiger partial charge in [0, 0.05) is 41.3 Å². The number of rotatable bonds is 6. The lowest BCUT2D eigenvalue weighted by molar-refractivity contribution is 0.0220. The fourth-order valence-electron chi connectivity index (χ4n) is 4.80. The minimum absolute atomic E-state index is 0.191. The van der Waals surface area contributed by atoms with Crippen molar-refractivity contribution in [3.05, 3.63) is 60.0 Å². The summed E-state index contributed by atoms with van der Waals surface area (Å²) >= 11 is 1.73. The summed E-state index contributed by atoms with van der Waals surface area (Å²) in [6, 6.07) is 11.9. The molecule has 1 aliphatic rings. The lowest BCUT2D eigenvalue weighted by atomic mass is 10.1. The molecule has 9 heteroatoms. The Morgan fingerprint density at radius 1 is 1.07 bits per heavy atom. The number of fused-ring (bicyclic) bond motifs is 1. The summed E-state index contributed by atoms with van der Waals surface area (Å²) < 4.78 is 13.6. The third-order valence-electron chi connectivity index (χ3n) is 6.60. The Morgan fingerprint density at radius 2 is 1.76 bits per heavy atom. The lowest BCUT2D eigenvalue weighted by Gasteiger charge is -2.34. The van der Waals surface area contributed by atoms with Crippen molar-refractivity contribution < 1.29 is 19.1 Å². The Morgan fingerprint density at radius 3 is 2.39 bits per heavy atom. The molecule has 2 amide bonds. The normalized spacial score (nSPS) is 16.2. The van der Waals surface area contributed by atoms with E-state index in [1.54, 1.807) is 16.7 Å². The molecule has 0 bridgehead atoms. The highest BCUT2D eigenvalue weighted by molar-refractivity contribution is 8.00. The number of piperidine rings is 1. The third kappa shape index (κ3) is 8.18. The van der Waals surface area contributed by atoms with E-state index >= 15 is 0 Å². The Bertz CT molecular complexity index is 1360.